The van der Waals surface area contributed by atoms with Gasteiger partial charge in [-0.25, -0.2) is 9.37 Å². The van der Waals surface area contributed by atoms with E-state index in [1.807, 2.05) is 0 Å². The van der Waals surface area contributed by atoms with Gasteiger partial charge in [0.2, 0.25) is 17.3 Å². The Morgan fingerprint density at radius 3 is 2.94 bits per heavy atom. The van der Waals surface area contributed by atoms with Crippen LogP contribution in [0, 0.1) is 11.7 Å². The van der Waals surface area contributed by atoms with Gasteiger partial charge in [-0.15, -0.1) is 0 Å². The molecular formula is C24H24FN5O5. The Kier molecular flexibility index (Phi) is 6.30. The molecule has 2 aromatic heterocycles. The van der Waals surface area contributed by atoms with Crippen LogP contribution in [0.2, 0.25) is 0 Å². The number of amides is 3. The zero-order valence-corrected chi connectivity index (χ0v) is 18.8. The molecule has 0 spiro atoms. The Morgan fingerprint density at radius 1 is 1.17 bits per heavy atom. The van der Waals surface area contributed by atoms with Gasteiger partial charge >= 0.3 is 0 Å². The molecule has 35 heavy (non-hydrogen) atoms. The lowest BCUT2D eigenvalue weighted by atomic mass is 10.0. The molecule has 3 aromatic rings. The van der Waals surface area contributed by atoms with Gasteiger partial charge in [0.05, 0.1) is 23.5 Å². The lowest BCUT2D eigenvalue weighted by Crippen LogP contribution is -2.46. The quantitative estimate of drug-likeness (QED) is 0.544. The lowest BCUT2D eigenvalue weighted by molar-refractivity contribution is -0.125. The Balaban J connectivity index is 1.46. The SMILES string of the molecule is O=C1N[C@@H]2CC[C@@H](CN(C(=O)c3onc4ncccc34)C2)C(=O)NCCCOc2ccc(F)cc21. The van der Waals surface area contributed by atoms with Crippen molar-refractivity contribution in [3.05, 3.63) is 53.7 Å². The molecule has 3 amide bonds. The fraction of sp³-hybridized carbons (Fsp3) is 0.375. The molecule has 0 aliphatic carbocycles. The molecule has 2 aliphatic heterocycles. The van der Waals surface area contributed by atoms with Gasteiger partial charge in [-0.05, 0) is 49.6 Å². The normalized spacial score (nSPS) is 21.3. The van der Waals surface area contributed by atoms with E-state index in [1.165, 1.54) is 17.0 Å². The molecule has 2 bridgehead atoms. The van der Waals surface area contributed by atoms with E-state index in [9.17, 15) is 18.8 Å². The lowest BCUT2D eigenvalue weighted by Gasteiger charge is -2.25. The van der Waals surface area contributed by atoms with Crippen LogP contribution in [-0.2, 0) is 4.79 Å². The van der Waals surface area contributed by atoms with Crippen LogP contribution in [0.25, 0.3) is 11.0 Å². The molecule has 182 valence electrons. The van der Waals surface area contributed by atoms with Crippen molar-refractivity contribution in [3.8, 4) is 5.75 Å². The molecule has 10 nitrogen and oxygen atoms in total. The minimum atomic E-state index is -0.556. The number of nitrogens with zero attached hydrogens (tertiary/aromatic N) is 3. The molecule has 5 rings (SSSR count). The van der Waals surface area contributed by atoms with Crippen LogP contribution in [0.4, 0.5) is 4.39 Å². The molecule has 0 saturated carbocycles. The summed E-state index contributed by atoms with van der Waals surface area (Å²) >= 11 is 0. The first-order valence-electron chi connectivity index (χ1n) is 11.5. The summed E-state index contributed by atoms with van der Waals surface area (Å²) in [5.41, 5.74) is 0.388. The van der Waals surface area contributed by atoms with Gasteiger partial charge in [0.1, 0.15) is 11.6 Å². The van der Waals surface area contributed by atoms with Crippen molar-refractivity contribution in [2.24, 2.45) is 5.92 Å². The highest BCUT2D eigenvalue weighted by atomic mass is 19.1. The highest BCUT2D eigenvalue weighted by molar-refractivity contribution is 6.03. The number of halogens is 1. The number of nitrogens with one attached hydrogen (secondary N) is 2. The van der Waals surface area contributed by atoms with Crippen LogP contribution < -0.4 is 15.4 Å². The number of benzene rings is 1. The molecule has 1 aromatic carbocycles. The summed E-state index contributed by atoms with van der Waals surface area (Å²) in [4.78, 5) is 45.1. The second kappa shape index (κ2) is 9.69. The molecule has 2 atom stereocenters. The molecule has 1 fully saturated rings. The average molecular weight is 481 g/mol. The van der Waals surface area contributed by atoms with Crippen LogP contribution in [0.1, 0.15) is 40.2 Å². The van der Waals surface area contributed by atoms with Gasteiger partial charge in [0.15, 0.2) is 0 Å². The zero-order chi connectivity index (χ0) is 24.4. The average Bonchev–Trinajstić information content (AvgIpc) is 3.17. The summed E-state index contributed by atoms with van der Waals surface area (Å²) < 4.78 is 24.9. The number of aromatic nitrogens is 2. The predicted octanol–water partition coefficient (Wildman–Crippen LogP) is 1.91. The first-order valence-corrected chi connectivity index (χ1v) is 11.5. The van der Waals surface area contributed by atoms with Crippen molar-refractivity contribution in [2.75, 3.05) is 26.2 Å². The minimum Gasteiger partial charge on any atom is -0.493 e. The number of hydrogen-bond donors (Lipinski definition) is 2. The van der Waals surface area contributed by atoms with E-state index in [0.29, 0.717) is 36.8 Å². The summed E-state index contributed by atoms with van der Waals surface area (Å²) in [7, 11) is 0. The number of ether oxygens (including phenoxy) is 1. The largest absolute Gasteiger partial charge is 0.493 e. The molecule has 11 heteroatoms. The summed E-state index contributed by atoms with van der Waals surface area (Å²) in [5, 5.41) is 10.1. The van der Waals surface area contributed by atoms with Crippen LogP contribution in [0.5, 0.6) is 5.75 Å². The van der Waals surface area contributed by atoms with E-state index in [4.69, 9.17) is 9.26 Å². The van der Waals surface area contributed by atoms with Crippen LogP contribution in [0.3, 0.4) is 0 Å². The van der Waals surface area contributed by atoms with Gasteiger partial charge in [-0.3, -0.25) is 14.4 Å². The number of carbonyl (C=O) groups is 3. The summed E-state index contributed by atoms with van der Waals surface area (Å²) in [6, 6.07) is 6.66. The molecule has 2 N–H and O–H groups in total. The van der Waals surface area contributed by atoms with Gasteiger partial charge in [0.25, 0.3) is 11.8 Å². The number of likely N-dealkylation sites (tertiary alicyclic amines) is 1. The van der Waals surface area contributed by atoms with Gasteiger partial charge in [-0.2, -0.15) is 0 Å². The number of pyridine rings is 1. The van der Waals surface area contributed by atoms with Crippen LogP contribution in [-0.4, -0.2) is 65.0 Å². The molecule has 1 saturated heterocycles. The van der Waals surface area contributed by atoms with Crippen molar-refractivity contribution in [2.45, 2.75) is 25.3 Å². The maximum absolute atomic E-state index is 13.9. The number of hydrogen-bond acceptors (Lipinski definition) is 7. The van der Waals surface area contributed by atoms with E-state index in [0.717, 1.165) is 6.07 Å². The van der Waals surface area contributed by atoms with E-state index in [-0.39, 0.29) is 42.7 Å². The molecule has 2 aliphatic rings. The van der Waals surface area contributed by atoms with Crippen molar-refractivity contribution in [1.29, 1.82) is 0 Å². The third-order valence-electron chi connectivity index (χ3n) is 6.25. The Morgan fingerprint density at radius 2 is 2.06 bits per heavy atom. The number of rotatable bonds is 1. The summed E-state index contributed by atoms with van der Waals surface area (Å²) in [6.45, 7) is 0.912. The summed E-state index contributed by atoms with van der Waals surface area (Å²) in [6.07, 6.45) is 2.97. The first kappa shape index (κ1) is 22.8. The highest BCUT2D eigenvalue weighted by Gasteiger charge is 2.34. The first-order chi connectivity index (χ1) is 17.0. The van der Waals surface area contributed by atoms with E-state index >= 15 is 0 Å². The van der Waals surface area contributed by atoms with Crippen molar-refractivity contribution in [1.82, 2.24) is 25.7 Å². The van der Waals surface area contributed by atoms with Gasteiger partial charge < -0.3 is 24.8 Å². The monoisotopic (exact) mass is 481 g/mol. The van der Waals surface area contributed by atoms with Crippen LogP contribution >= 0.6 is 0 Å². The maximum Gasteiger partial charge on any atom is 0.293 e. The summed E-state index contributed by atoms with van der Waals surface area (Å²) in [5.74, 6) is -1.87. The van der Waals surface area contributed by atoms with Gasteiger partial charge in [-0.1, -0.05) is 5.16 Å². The van der Waals surface area contributed by atoms with Gasteiger partial charge in [0, 0.05) is 31.9 Å². The second-order valence-corrected chi connectivity index (χ2v) is 8.67. The highest BCUT2D eigenvalue weighted by Crippen LogP contribution is 2.25. The van der Waals surface area contributed by atoms with E-state index in [1.54, 1.807) is 18.3 Å². The Bertz CT molecular complexity index is 1280. The van der Waals surface area contributed by atoms with Crippen molar-refractivity contribution < 1.29 is 28.0 Å². The Labute approximate surface area is 199 Å². The zero-order valence-electron chi connectivity index (χ0n) is 18.8. The number of fused-ring (bicyclic) bond motifs is 5. The predicted molar refractivity (Wildman–Crippen MR) is 121 cm³/mol. The van der Waals surface area contributed by atoms with Crippen molar-refractivity contribution >= 4 is 28.8 Å². The Hall–Kier alpha value is -4.02. The molecule has 0 radical (unpaired) electrons. The topological polar surface area (TPSA) is 127 Å². The molecule has 0 unspecified atom stereocenters. The smallest absolute Gasteiger partial charge is 0.293 e. The van der Waals surface area contributed by atoms with E-state index in [2.05, 4.69) is 20.8 Å². The van der Waals surface area contributed by atoms with Crippen molar-refractivity contribution in [3.63, 3.8) is 0 Å². The fourth-order valence-electron chi connectivity index (χ4n) is 4.45. The van der Waals surface area contributed by atoms with E-state index < -0.39 is 29.6 Å². The molecule has 4 heterocycles. The number of carbonyl (C=O) groups excluding carboxylic acids is 3. The fourth-order valence-corrected chi connectivity index (χ4v) is 4.45. The van der Waals surface area contributed by atoms with Crippen LogP contribution in [0.15, 0.2) is 41.1 Å². The third-order valence-corrected chi connectivity index (χ3v) is 6.25. The third kappa shape index (κ3) is 4.79. The molecular weight excluding hydrogens is 457 g/mol. The standard InChI is InChI=1S/C24H24FN5O5/c25-15-5-7-19-18(11-15)23(32)28-16-6-4-14(22(31)27-9-2-10-34-19)12-30(13-16)24(33)20-17-3-1-8-26-21(17)29-35-20/h1,3,5,7-8,11,14,16H,2,4,6,9-10,12-13H2,(H,27,31)(H,28,32)/t14-,16+/m0/s1. The second-order valence-electron chi connectivity index (χ2n) is 8.67. The maximum atomic E-state index is 13.9. The minimum absolute atomic E-state index is 0.0259.